The third-order valence-electron chi connectivity index (χ3n) is 3.71. The normalized spacial score (nSPS) is 12.9. The molecule has 0 aromatic heterocycles. The predicted molar refractivity (Wildman–Crippen MR) is 107 cm³/mol. The van der Waals surface area contributed by atoms with Crippen molar-refractivity contribution < 1.29 is 19.1 Å². The number of carbonyl (C=O) groups is 2. The zero-order valence-electron chi connectivity index (χ0n) is 15.8. The second-order valence-electron chi connectivity index (χ2n) is 6.42. The van der Waals surface area contributed by atoms with Gasteiger partial charge in [0, 0.05) is 23.4 Å². The Hall–Kier alpha value is -1.95. The summed E-state index contributed by atoms with van der Waals surface area (Å²) in [5, 5.41) is 0. The maximum Gasteiger partial charge on any atom is 0.333 e. The molecule has 26 heavy (non-hydrogen) atoms. The molecule has 6 heteroatoms. The molecule has 0 amide bonds. The molecule has 0 radical (unpaired) electrons. The Morgan fingerprint density at radius 2 is 1.88 bits per heavy atom. The Kier molecular flexibility index (Phi) is 9.88. The number of hydrogen-bond donors (Lipinski definition) is 1. The van der Waals surface area contributed by atoms with Crippen molar-refractivity contribution in [2.75, 3.05) is 23.8 Å². The molecule has 0 fully saturated rings. The van der Waals surface area contributed by atoms with Crippen LogP contribution in [-0.2, 0) is 25.5 Å². The Balaban J connectivity index is 2.15. The molecular formula is C20H29NO4S. The van der Waals surface area contributed by atoms with Crippen molar-refractivity contribution in [2.45, 2.75) is 39.7 Å². The molecule has 1 rings (SSSR count). The van der Waals surface area contributed by atoms with E-state index in [9.17, 15) is 9.59 Å². The van der Waals surface area contributed by atoms with Crippen LogP contribution in [-0.4, -0.2) is 36.2 Å². The summed E-state index contributed by atoms with van der Waals surface area (Å²) in [6.45, 7) is 9.00. The van der Waals surface area contributed by atoms with Crippen molar-refractivity contribution >= 4 is 29.4 Å². The number of aryl methyl sites for hydroxylation is 1. The largest absolute Gasteiger partial charge is 0.465 e. The van der Waals surface area contributed by atoms with E-state index in [1.807, 2.05) is 31.2 Å². The zero-order valence-corrected chi connectivity index (χ0v) is 16.6. The van der Waals surface area contributed by atoms with Crippen molar-refractivity contribution in [3.8, 4) is 0 Å². The summed E-state index contributed by atoms with van der Waals surface area (Å²) in [6, 6.07) is 7.84. The SMILES string of the molecule is C=C(C)C(=O)OC(C)CCOC(=O)C(C)CSCCc1ccc(N)cc1. The smallest absolute Gasteiger partial charge is 0.333 e. The van der Waals surface area contributed by atoms with Gasteiger partial charge in [0.05, 0.1) is 12.5 Å². The average Bonchev–Trinajstić information content (AvgIpc) is 2.59. The number of anilines is 1. The summed E-state index contributed by atoms with van der Waals surface area (Å²) >= 11 is 1.73. The number of nitrogen functional groups attached to an aromatic ring is 1. The van der Waals surface area contributed by atoms with E-state index in [0.717, 1.165) is 17.9 Å². The molecule has 144 valence electrons. The van der Waals surface area contributed by atoms with Crippen LogP contribution in [0.2, 0.25) is 0 Å². The van der Waals surface area contributed by atoms with Crippen LogP contribution in [0.4, 0.5) is 5.69 Å². The molecule has 0 heterocycles. The van der Waals surface area contributed by atoms with Gasteiger partial charge < -0.3 is 15.2 Å². The monoisotopic (exact) mass is 379 g/mol. The fourth-order valence-corrected chi connectivity index (χ4v) is 3.05. The van der Waals surface area contributed by atoms with E-state index in [-0.39, 0.29) is 24.6 Å². The lowest BCUT2D eigenvalue weighted by Crippen LogP contribution is -2.21. The van der Waals surface area contributed by atoms with Gasteiger partial charge in [-0.15, -0.1) is 0 Å². The third kappa shape index (κ3) is 8.94. The van der Waals surface area contributed by atoms with Crippen LogP contribution in [0.1, 0.15) is 32.8 Å². The summed E-state index contributed by atoms with van der Waals surface area (Å²) in [7, 11) is 0. The fourth-order valence-electron chi connectivity index (χ4n) is 2.01. The number of thioether (sulfide) groups is 1. The second-order valence-corrected chi connectivity index (χ2v) is 7.57. The minimum atomic E-state index is -0.422. The number of benzene rings is 1. The number of carbonyl (C=O) groups excluding carboxylic acids is 2. The van der Waals surface area contributed by atoms with E-state index in [1.54, 1.807) is 25.6 Å². The molecule has 0 bridgehead atoms. The fraction of sp³-hybridized carbons (Fsp3) is 0.500. The van der Waals surface area contributed by atoms with Crippen LogP contribution in [0.25, 0.3) is 0 Å². The van der Waals surface area contributed by atoms with Crippen molar-refractivity contribution in [2.24, 2.45) is 5.92 Å². The quantitative estimate of drug-likeness (QED) is 0.274. The lowest BCUT2D eigenvalue weighted by atomic mass is 10.2. The van der Waals surface area contributed by atoms with Gasteiger partial charge in [-0.3, -0.25) is 4.79 Å². The molecule has 5 nitrogen and oxygen atoms in total. The summed E-state index contributed by atoms with van der Waals surface area (Å²) in [5.41, 5.74) is 8.03. The first-order chi connectivity index (χ1) is 12.3. The second kappa shape index (κ2) is 11.6. The third-order valence-corrected chi connectivity index (χ3v) is 4.94. The van der Waals surface area contributed by atoms with Gasteiger partial charge in [-0.25, -0.2) is 4.79 Å². The summed E-state index contributed by atoms with van der Waals surface area (Å²) in [6.07, 6.45) is 1.11. The first-order valence-electron chi connectivity index (χ1n) is 8.75. The Morgan fingerprint density at radius 3 is 2.50 bits per heavy atom. The highest BCUT2D eigenvalue weighted by atomic mass is 32.2. The lowest BCUT2D eigenvalue weighted by Gasteiger charge is -2.15. The molecule has 0 saturated heterocycles. The summed E-state index contributed by atoms with van der Waals surface area (Å²) in [4.78, 5) is 23.4. The standard InChI is InChI=1S/C20H29NO4S/c1-14(2)19(22)25-16(4)9-11-24-20(23)15(3)13-26-12-10-17-5-7-18(21)8-6-17/h5-8,15-16H,1,9-13,21H2,2-4H3. The highest BCUT2D eigenvalue weighted by molar-refractivity contribution is 7.99. The van der Waals surface area contributed by atoms with Gasteiger partial charge in [0.15, 0.2) is 0 Å². The van der Waals surface area contributed by atoms with Gasteiger partial charge in [0.2, 0.25) is 0 Å². The number of nitrogens with two attached hydrogens (primary N) is 1. The van der Waals surface area contributed by atoms with Crippen molar-refractivity contribution in [3.63, 3.8) is 0 Å². The molecule has 1 aromatic carbocycles. The van der Waals surface area contributed by atoms with E-state index in [2.05, 4.69) is 6.58 Å². The molecule has 0 aliphatic rings. The lowest BCUT2D eigenvalue weighted by molar-refractivity contribution is -0.149. The maximum absolute atomic E-state index is 12.0. The minimum Gasteiger partial charge on any atom is -0.465 e. The van der Waals surface area contributed by atoms with Gasteiger partial charge in [-0.2, -0.15) is 11.8 Å². The topological polar surface area (TPSA) is 78.6 Å². The number of hydrogen-bond acceptors (Lipinski definition) is 6. The average molecular weight is 380 g/mol. The highest BCUT2D eigenvalue weighted by Crippen LogP contribution is 2.14. The summed E-state index contributed by atoms with van der Waals surface area (Å²) < 4.78 is 10.4. The van der Waals surface area contributed by atoms with Crippen LogP contribution >= 0.6 is 11.8 Å². The van der Waals surface area contributed by atoms with Gasteiger partial charge in [-0.1, -0.05) is 25.6 Å². The predicted octanol–water partition coefficient (Wildman–Crippen LogP) is 3.62. The zero-order chi connectivity index (χ0) is 19.5. The first kappa shape index (κ1) is 22.1. The molecule has 2 N–H and O–H groups in total. The Labute approximate surface area is 160 Å². The van der Waals surface area contributed by atoms with E-state index in [1.165, 1.54) is 5.56 Å². The molecule has 0 aliphatic heterocycles. The van der Waals surface area contributed by atoms with Crippen molar-refractivity contribution in [1.82, 2.24) is 0 Å². The molecule has 2 unspecified atom stereocenters. The summed E-state index contributed by atoms with van der Waals surface area (Å²) in [5.74, 6) is 0.849. The van der Waals surface area contributed by atoms with Crippen LogP contribution in [0.15, 0.2) is 36.4 Å². The molecular weight excluding hydrogens is 350 g/mol. The van der Waals surface area contributed by atoms with Crippen LogP contribution in [0.5, 0.6) is 0 Å². The van der Waals surface area contributed by atoms with Gasteiger partial charge >= 0.3 is 11.9 Å². The molecule has 2 atom stereocenters. The van der Waals surface area contributed by atoms with Crippen LogP contribution < -0.4 is 5.73 Å². The van der Waals surface area contributed by atoms with E-state index >= 15 is 0 Å². The Bertz CT molecular complexity index is 600. The number of esters is 2. The van der Waals surface area contributed by atoms with Gasteiger partial charge in [-0.05, 0) is 43.7 Å². The number of rotatable bonds is 11. The maximum atomic E-state index is 12.0. The molecule has 0 saturated carbocycles. The van der Waals surface area contributed by atoms with Crippen LogP contribution in [0, 0.1) is 5.92 Å². The number of ether oxygens (including phenoxy) is 2. The van der Waals surface area contributed by atoms with Crippen molar-refractivity contribution in [1.29, 1.82) is 0 Å². The minimum absolute atomic E-state index is 0.167. The highest BCUT2D eigenvalue weighted by Gasteiger charge is 2.16. The van der Waals surface area contributed by atoms with Crippen LogP contribution in [0.3, 0.4) is 0 Å². The first-order valence-corrected chi connectivity index (χ1v) is 9.90. The molecule has 0 spiro atoms. The van der Waals surface area contributed by atoms with Gasteiger partial charge in [0.25, 0.3) is 0 Å². The molecule has 1 aromatic rings. The van der Waals surface area contributed by atoms with Gasteiger partial charge in [0.1, 0.15) is 6.10 Å². The van der Waals surface area contributed by atoms with E-state index in [4.69, 9.17) is 15.2 Å². The van der Waals surface area contributed by atoms with Crippen molar-refractivity contribution in [3.05, 3.63) is 42.0 Å². The van der Waals surface area contributed by atoms with E-state index < -0.39 is 5.97 Å². The molecule has 0 aliphatic carbocycles. The Morgan fingerprint density at radius 1 is 1.23 bits per heavy atom. The van der Waals surface area contributed by atoms with E-state index in [0.29, 0.717) is 17.7 Å².